The van der Waals surface area contributed by atoms with Crippen molar-refractivity contribution in [3.63, 3.8) is 0 Å². The standard InChI is InChI=1S/C24H19N3O4/c1-15-22(23(28)27(26(15)2)18-6-4-3-5-7-18)25-13-19-10-11-21(31-19)16-8-9-17-14-30-24(29)20(17)12-16/h3-13H,14H2,1-2H3. The number of furan rings is 1. The molecule has 7 heteroatoms. The molecule has 0 saturated heterocycles. The van der Waals surface area contributed by atoms with E-state index in [-0.39, 0.29) is 11.5 Å². The number of para-hydroxylation sites is 1. The number of nitrogens with zero attached hydrogens (tertiary/aromatic N) is 3. The third-order valence-electron chi connectivity index (χ3n) is 5.44. The van der Waals surface area contributed by atoms with Gasteiger partial charge < -0.3 is 9.15 Å². The normalized spacial score (nSPS) is 13.0. The van der Waals surface area contributed by atoms with Gasteiger partial charge >= 0.3 is 5.97 Å². The average Bonchev–Trinajstić information content (AvgIpc) is 3.46. The zero-order chi connectivity index (χ0) is 21.5. The fraction of sp³-hybridized carbons (Fsp3) is 0.125. The molecule has 2 aromatic heterocycles. The third-order valence-corrected chi connectivity index (χ3v) is 5.44. The van der Waals surface area contributed by atoms with Crippen molar-refractivity contribution >= 4 is 17.9 Å². The molecule has 1 aliphatic rings. The Morgan fingerprint density at radius 2 is 1.84 bits per heavy atom. The molecule has 2 aromatic carbocycles. The molecular formula is C24H19N3O4. The molecule has 0 bridgehead atoms. The third kappa shape index (κ3) is 3.20. The van der Waals surface area contributed by atoms with Gasteiger partial charge in [0.25, 0.3) is 5.56 Å². The van der Waals surface area contributed by atoms with Gasteiger partial charge in [-0.25, -0.2) is 14.5 Å². The minimum absolute atomic E-state index is 0.202. The van der Waals surface area contributed by atoms with Gasteiger partial charge in [0, 0.05) is 18.2 Å². The Kier molecular flexibility index (Phi) is 4.43. The van der Waals surface area contributed by atoms with Crippen molar-refractivity contribution in [3.05, 3.63) is 93.6 Å². The molecule has 31 heavy (non-hydrogen) atoms. The highest BCUT2D eigenvalue weighted by Crippen LogP contribution is 2.28. The molecule has 0 spiro atoms. The molecule has 0 atom stereocenters. The summed E-state index contributed by atoms with van der Waals surface area (Å²) in [4.78, 5) is 29.2. The fourth-order valence-corrected chi connectivity index (χ4v) is 3.68. The van der Waals surface area contributed by atoms with Gasteiger partial charge in [-0.3, -0.25) is 9.48 Å². The second-order valence-corrected chi connectivity index (χ2v) is 7.32. The number of aromatic nitrogens is 2. The number of hydrogen-bond donors (Lipinski definition) is 0. The molecule has 0 radical (unpaired) electrons. The lowest BCUT2D eigenvalue weighted by Gasteiger charge is -2.07. The summed E-state index contributed by atoms with van der Waals surface area (Å²) in [5, 5.41) is 0. The van der Waals surface area contributed by atoms with Crippen molar-refractivity contribution in [3.8, 4) is 17.0 Å². The molecule has 0 aliphatic carbocycles. The van der Waals surface area contributed by atoms with Gasteiger partial charge in [-0.15, -0.1) is 0 Å². The molecule has 0 unspecified atom stereocenters. The first-order valence-corrected chi connectivity index (χ1v) is 9.81. The first-order valence-electron chi connectivity index (χ1n) is 9.81. The van der Waals surface area contributed by atoms with Crippen LogP contribution >= 0.6 is 0 Å². The van der Waals surface area contributed by atoms with E-state index < -0.39 is 0 Å². The molecule has 0 fully saturated rings. The first-order chi connectivity index (χ1) is 15.0. The van der Waals surface area contributed by atoms with E-state index in [0.717, 1.165) is 22.5 Å². The number of benzene rings is 2. The zero-order valence-corrected chi connectivity index (χ0v) is 17.0. The van der Waals surface area contributed by atoms with Crippen molar-refractivity contribution in [2.45, 2.75) is 13.5 Å². The Balaban J connectivity index is 1.45. The maximum atomic E-state index is 13.0. The summed E-state index contributed by atoms with van der Waals surface area (Å²) in [7, 11) is 1.83. The largest absolute Gasteiger partial charge is 0.457 e. The smallest absolute Gasteiger partial charge is 0.338 e. The molecule has 0 saturated carbocycles. The van der Waals surface area contributed by atoms with Gasteiger partial charge in [0.15, 0.2) is 5.69 Å². The molecule has 1 aliphatic heterocycles. The lowest BCUT2D eigenvalue weighted by Crippen LogP contribution is -2.19. The van der Waals surface area contributed by atoms with Crippen molar-refractivity contribution < 1.29 is 13.9 Å². The Bertz CT molecular complexity index is 1390. The molecular weight excluding hydrogens is 394 g/mol. The van der Waals surface area contributed by atoms with E-state index in [1.54, 1.807) is 21.5 Å². The van der Waals surface area contributed by atoms with Crippen LogP contribution in [0.5, 0.6) is 0 Å². The topological polar surface area (TPSA) is 78.7 Å². The number of aliphatic imine (C=N–C) groups is 1. The summed E-state index contributed by atoms with van der Waals surface area (Å²) < 4.78 is 14.3. The molecule has 0 amide bonds. The second-order valence-electron chi connectivity index (χ2n) is 7.32. The zero-order valence-electron chi connectivity index (χ0n) is 17.0. The van der Waals surface area contributed by atoms with E-state index in [1.165, 1.54) is 6.21 Å². The number of fused-ring (bicyclic) bond motifs is 1. The molecule has 5 rings (SSSR count). The summed E-state index contributed by atoms with van der Waals surface area (Å²) in [6.07, 6.45) is 1.53. The summed E-state index contributed by atoms with van der Waals surface area (Å²) in [6.45, 7) is 2.16. The quantitative estimate of drug-likeness (QED) is 0.372. The summed E-state index contributed by atoms with van der Waals surface area (Å²) in [6, 6.07) is 18.5. The number of cyclic esters (lactones) is 1. The highest BCUT2D eigenvalue weighted by atomic mass is 16.5. The maximum absolute atomic E-state index is 13.0. The minimum Gasteiger partial charge on any atom is -0.457 e. The van der Waals surface area contributed by atoms with Crippen LogP contribution in [0.3, 0.4) is 0 Å². The van der Waals surface area contributed by atoms with Crippen LogP contribution in [-0.4, -0.2) is 21.5 Å². The Labute approximate surface area is 177 Å². The molecule has 0 N–H and O–H groups in total. The number of hydrogen-bond acceptors (Lipinski definition) is 5. The van der Waals surface area contributed by atoms with E-state index in [2.05, 4.69) is 4.99 Å². The summed E-state index contributed by atoms with van der Waals surface area (Å²) in [5.74, 6) is 0.793. The Hall–Kier alpha value is -4.13. The predicted octanol–water partition coefficient (Wildman–Crippen LogP) is 4.17. The maximum Gasteiger partial charge on any atom is 0.338 e. The molecule has 7 nitrogen and oxygen atoms in total. The average molecular weight is 413 g/mol. The van der Waals surface area contributed by atoms with Crippen LogP contribution in [0.25, 0.3) is 17.0 Å². The van der Waals surface area contributed by atoms with E-state index in [1.807, 2.05) is 62.5 Å². The highest BCUT2D eigenvalue weighted by molar-refractivity contribution is 5.94. The second kappa shape index (κ2) is 7.28. The summed E-state index contributed by atoms with van der Waals surface area (Å²) in [5.41, 5.74) is 3.88. The lowest BCUT2D eigenvalue weighted by atomic mass is 10.0. The van der Waals surface area contributed by atoms with E-state index in [9.17, 15) is 9.59 Å². The van der Waals surface area contributed by atoms with Gasteiger partial charge in [0.2, 0.25) is 0 Å². The van der Waals surface area contributed by atoms with Crippen LogP contribution in [0.1, 0.15) is 27.4 Å². The number of carbonyl (C=O) groups is 1. The number of ether oxygens (including phenoxy) is 1. The van der Waals surface area contributed by atoms with Crippen molar-refractivity contribution in [2.24, 2.45) is 12.0 Å². The van der Waals surface area contributed by atoms with Crippen LogP contribution in [0.15, 0.2) is 74.9 Å². The predicted molar refractivity (Wildman–Crippen MR) is 116 cm³/mol. The minimum atomic E-state index is -0.320. The molecule has 3 heterocycles. The van der Waals surface area contributed by atoms with Crippen LogP contribution in [-0.2, 0) is 18.4 Å². The monoisotopic (exact) mass is 413 g/mol. The lowest BCUT2D eigenvalue weighted by molar-refractivity contribution is 0.0535. The summed E-state index contributed by atoms with van der Waals surface area (Å²) >= 11 is 0. The highest BCUT2D eigenvalue weighted by Gasteiger charge is 2.22. The van der Waals surface area contributed by atoms with E-state index in [4.69, 9.17) is 9.15 Å². The van der Waals surface area contributed by atoms with Crippen LogP contribution in [0.4, 0.5) is 5.69 Å². The van der Waals surface area contributed by atoms with E-state index in [0.29, 0.717) is 29.4 Å². The van der Waals surface area contributed by atoms with Gasteiger partial charge in [-0.05, 0) is 37.3 Å². The van der Waals surface area contributed by atoms with Gasteiger partial charge in [0.1, 0.15) is 18.1 Å². The first kappa shape index (κ1) is 18.9. The van der Waals surface area contributed by atoms with Crippen molar-refractivity contribution in [1.82, 2.24) is 9.36 Å². The number of rotatable bonds is 4. The Morgan fingerprint density at radius 1 is 1.03 bits per heavy atom. The van der Waals surface area contributed by atoms with Gasteiger partial charge in [-0.2, -0.15) is 0 Å². The fourth-order valence-electron chi connectivity index (χ4n) is 3.68. The van der Waals surface area contributed by atoms with Gasteiger partial charge in [-0.1, -0.05) is 30.3 Å². The van der Waals surface area contributed by atoms with Crippen molar-refractivity contribution in [2.75, 3.05) is 0 Å². The van der Waals surface area contributed by atoms with Crippen LogP contribution in [0.2, 0.25) is 0 Å². The molecule has 4 aromatic rings. The molecule has 154 valence electrons. The van der Waals surface area contributed by atoms with Crippen LogP contribution < -0.4 is 5.56 Å². The van der Waals surface area contributed by atoms with Crippen LogP contribution in [0, 0.1) is 6.92 Å². The number of carbonyl (C=O) groups excluding carboxylic acids is 1. The van der Waals surface area contributed by atoms with Gasteiger partial charge in [0.05, 0.1) is 23.2 Å². The van der Waals surface area contributed by atoms with Crippen molar-refractivity contribution in [1.29, 1.82) is 0 Å². The SMILES string of the molecule is Cc1c(N=Cc2ccc(-c3ccc4c(c3)C(=O)OC4)o2)c(=O)n(-c2ccccc2)n1C. The van der Waals surface area contributed by atoms with E-state index >= 15 is 0 Å². The number of esters is 1. The Morgan fingerprint density at radius 3 is 2.65 bits per heavy atom.